The summed E-state index contributed by atoms with van der Waals surface area (Å²) in [5.41, 5.74) is 1.08. The molecular weight excluding hydrogens is 372 g/mol. The van der Waals surface area contributed by atoms with Gasteiger partial charge >= 0.3 is 5.97 Å². The summed E-state index contributed by atoms with van der Waals surface area (Å²) < 4.78 is 27.9. The largest absolute Gasteiger partial charge is 0.493 e. The summed E-state index contributed by atoms with van der Waals surface area (Å²) in [5, 5.41) is 0. The van der Waals surface area contributed by atoms with Crippen LogP contribution in [0.1, 0.15) is 15.9 Å². The van der Waals surface area contributed by atoms with Crippen LogP contribution in [-0.4, -0.2) is 26.3 Å². The van der Waals surface area contributed by atoms with Crippen LogP contribution in [0.4, 0.5) is 0 Å². The Kier molecular flexibility index (Phi) is 5.52. The van der Waals surface area contributed by atoms with Crippen LogP contribution in [-0.2, 0) is 11.3 Å². The number of ether oxygens (including phenoxy) is 5. The van der Waals surface area contributed by atoms with E-state index >= 15 is 0 Å². The van der Waals surface area contributed by atoms with Gasteiger partial charge in [0.1, 0.15) is 31.3 Å². The van der Waals surface area contributed by atoms with E-state index in [-0.39, 0.29) is 6.61 Å². The Morgan fingerprint density at radius 1 is 0.931 bits per heavy atom. The number of hydrogen-bond acceptors (Lipinski definition) is 6. The Morgan fingerprint density at radius 3 is 2.52 bits per heavy atom. The van der Waals surface area contributed by atoms with E-state index in [1.807, 2.05) is 54.6 Å². The van der Waals surface area contributed by atoms with E-state index in [0.717, 1.165) is 5.56 Å². The third-order valence-corrected chi connectivity index (χ3v) is 4.37. The molecule has 0 aliphatic carbocycles. The second-order valence-electron chi connectivity index (χ2n) is 6.30. The highest BCUT2D eigenvalue weighted by molar-refractivity contribution is 5.91. The average Bonchev–Trinajstić information content (AvgIpc) is 2.78. The van der Waals surface area contributed by atoms with Crippen LogP contribution in [0.2, 0.25) is 0 Å². The number of para-hydroxylation sites is 2. The molecule has 1 aliphatic rings. The predicted molar refractivity (Wildman–Crippen MR) is 106 cm³/mol. The molecule has 0 fully saturated rings. The minimum Gasteiger partial charge on any atom is -0.493 e. The number of rotatable bonds is 6. The number of fused-ring (bicyclic) bond motifs is 1. The molecule has 6 nitrogen and oxygen atoms in total. The molecule has 0 N–H and O–H groups in total. The summed E-state index contributed by atoms with van der Waals surface area (Å²) in [5.74, 6) is 2.25. The maximum Gasteiger partial charge on any atom is 0.338 e. The summed E-state index contributed by atoms with van der Waals surface area (Å²) in [6.07, 6.45) is 0. The number of carbonyl (C=O) groups excluding carboxylic acids is 1. The lowest BCUT2D eigenvalue weighted by molar-refractivity contribution is 0.0469. The van der Waals surface area contributed by atoms with Crippen molar-refractivity contribution in [3.63, 3.8) is 0 Å². The lowest BCUT2D eigenvalue weighted by atomic mass is 10.1. The van der Waals surface area contributed by atoms with Crippen molar-refractivity contribution in [3.05, 3.63) is 77.9 Å². The standard InChI is InChI=1S/C23H20O6/c1-25-20-13-17(14-21-22(20)27-12-11-26-21)23(24)28-15-16-7-5-6-10-19(16)29-18-8-3-2-4-9-18/h2-10,13-14H,11-12,15H2,1H3. The number of carbonyl (C=O) groups is 1. The average molecular weight is 392 g/mol. The summed E-state index contributed by atoms with van der Waals surface area (Å²) in [4.78, 5) is 12.6. The van der Waals surface area contributed by atoms with Gasteiger partial charge in [0.25, 0.3) is 0 Å². The summed E-state index contributed by atoms with van der Waals surface area (Å²) in [6.45, 7) is 0.919. The second kappa shape index (κ2) is 8.56. The zero-order chi connectivity index (χ0) is 20.1. The maximum atomic E-state index is 12.6. The Morgan fingerprint density at radius 2 is 1.69 bits per heavy atom. The van der Waals surface area contributed by atoms with Crippen LogP contribution < -0.4 is 18.9 Å². The molecule has 0 saturated carbocycles. The first kappa shape index (κ1) is 18.7. The van der Waals surface area contributed by atoms with Crippen LogP contribution in [0.15, 0.2) is 66.7 Å². The zero-order valence-corrected chi connectivity index (χ0v) is 15.9. The molecule has 29 heavy (non-hydrogen) atoms. The van der Waals surface area contributed by atoms with E-state index in [1.54, 1.807) is 12.1 Å². The first-order valence-electron chi connectivity index (χ1n) is 9.20. The molecule has 3 aromatic rings. The van der Waals surface area contributed by atoms with Crippen molar-refractivity contribution >= 4 is 5.97 Å². The summed E-state index contributed by atoms with van der Waals surface area (Å²) >= 11 is 0. The van der Waals surface area contributed by atoms with Crippen molar-refractivity contribution in [1.29, 1.82) is 0 Å². The fraction of sp³-hybridized carbons (Fsp3) is 0.174. The molecule has 3 aromatic carbocycles. The molecule has 148 valence electrons. The third kappa shape index (κ3) is 4.27. The van der Waals surface area contributed by atoms with Gasteiger partial charge in [-0.25, -0.2) is 4.79 Å². The van der Waals surface area contributed by atoms with Gasteiger partial charge in [-0.1, -0.05) is 36.4 Å². The predicted octanol–water partition coefficient (Wildman–Crippen LogP) is 4.62. The fourth-order valence-corrected chi connectivity index (χ4v) is 2.96. The SMILES string of the molecule is COc1cc(C(=O)OCc2ccccc2Oc2ccccc2)cc2c1OCCO2. The van der Waals surface area contributed by atoms with E-state index in [4.69, 9.17) is 23.7 Å². The lowest BCUT2D eigenvalue weighted by Crippen LogP contribution is -2.17. The molecule has 6 heteroatoms. The van der Waals surface area contributed by atoms with Crippen LogP contribution in [0.3, 0.4) is 0 Å². The molecule has 0 unspecified atom stereocenters. The van der Waals surface area contributed by atoms with Crippen molar-refractivity contribution in [2.75, 3.05) is 20.3 Å². The highest BCUT2D eigenvalue weighted by Crippen LogP contribution is 2.40. The molecule has 0 atom stereocenters. The quantitative estimate of drug-likeness (QED) is 0.571. The van der Waals surface area contributed by atoms with E-state index in [2.05, 4.69) is 0 Å². The minimum absolute atomic E-state index is 0.0681. The van der Waals surface area contributed by atoms with Crippen LogP contribution in [0.25, 0.3) is 0 Å². The molecule has 0 radical (unpaired) electrons. The van der Waals surface area contributed by atoms with Gasteiger partial charge in [-0.15, -0.1) is 0 Å². The van der Waals surface area contributed by atoms with Crippen molar-refractivity contribution in [3.8, 4) is 28.7 Å². The monoisotopic (exact) mass is 392 g/mol. The highest BCUT2D eigenvalue weighted by atomic mass is 16.6. The van der Waals surface area contributed by atoms with Gasteiger partial charge < -0.3 is 23.7 Å². The number of esters is 1. The molecule has 4 rings (SSSR count). The lowest BCUT2D eigenvalue weighted by Gasteiger charge is -2.21. The van der Waals surface area contributed by atoms with Gasteiger partial charge in [-0.2, -0.15) is 0 Å². The Balaban J connectivity index is 1.49. The molecule has 0 saturated heterocycles. The third-order valence-electron chi connectivity index (χ3n) is 4.37. The van der Waals surface area contributed by atoms with Crippen molar-refractivity contribution in [2.24, 2.45) is 0 Å². The normalized spacial score (nSPS) is 12.2. The molecule has 1 heterocycles. The van der Waals surface area contributed by atoms with Crippen molar-refractivity contribution in [2.45, 2.75) is 6.61 Å². The topological polar surface area (TPSA) is 63.2 Å². The van der Waals surface area contributed by atoms with Gasteiger partial charge in [0.05, 0.1) is 12.7 Å². The fourth-order valence-electron chi connectivity index (χ4n) is 2.96. The van der Waals surface area contributed by atoms with E-state index in [0.29, 0.717) is 47.5 Å². The van der Waals surface area contributed by atoms with Gasteiger partial charge in [-0.3, -0.25) is 0 Å². The molecule has 1 aliphatic heterocycles. The number of benzene rings is 3. The molecule has 0 amide bonds. The van der Waals surface area contributed by atoms with E-state index in [1.165, 1.54) is 7.11 Å². The molecular formula is C23H20O6. The molecule has 0 bridgehead atoms. The summed E-state index contributed by atoms with van der Waals surface area (Å²) in [7, 11) is 1.51. The zero-order valence-electron chi connectivity index (χ0n) is 15.9. The first-order chi connectivity index (χ1) is 14.2. The van der Waals surface area contributed by atoms with Crippen LogP contribution in [0.5, 0.6) is 28.7 Å². The number of methoxy groups -OCH3 is 1. The number of hydrogen-bond donors (Lipinski definition) is 0. The van der Waals surface area contributed by atoms with Crippen molar-refractivity contribution < 1.29 is 28.5 Å². The van der Waals surface area contributed by atoms with Crippen molar-refractivity contribution in [1.82, 2.24) is 0 Å². The minimum atomic E-state index is -0.491. The smallest absolute Gasteiger partial charge is 0.338 e. The molecule has 0 spiro atoms. The highest BCUT2D eigenvalue weighted by Gasteiger charge is 2.21. The van der Waals surface area contributed by atoms with Gasteiger partial charge in [-0.05, 0) is 30.3 Å². The van der Waals surface area contributed by atoms with Crippen LogP contribution in [0, 0.1) is 0 Å². The Hall–Kier alpha value is -3.67. The van der Waals surface area contributed by atoms with Crippen LogP contribution >= 0.6 is 0 Å². The van der Waals surface area contributed by atoms with Gasteiger partial charge in [0.15, 0.2) is 11.5 Å². The maximum absolute atomic E-state index is 12.6. The Bertz CT molecular complexity index is 982. The second-order valence-corrected chi connectivity index (χ2v) is 6.30. The Labute approximate surface area is 168 Å². The van der Waals surface area contributed by atoms with E-state index in [9.17, 15) is 4.79 Å². The summed E-state index contributed by atoms with van der Waals surface area (Å²) in [6, 6.07) is 20.1. The first-order valence-corrected chi connectivity index (χ1v) is 9.20. The van der Waals surface area contributed by atoms with Gasteiger partial charge in [0, 0.05) is 5.56 Å². The molecule has 0 aromatic heterocycles. The van der Waals surface area contributed by atoms with E-state index < -0.39 is 5.97 Å². The van der Waals surface area contributed by atoms with Gasteiger partial charge in [0.2, 0.25) is 5.75 Å².